The lowest BCUT2D eigenvalue weighted by Gasteiger charge is -2.24. The van der Waals surface area contributed by atoms with E-state index in [1.807, 2.05) is 27.7 Å². The lowest BCUT2D eigenvalue weighted by Crippen LogP contribution is -2.45. The van der Waals surface area contributed by atoms with Crippen molar-refractivity contribution in [3.05, 3.63) is 64.7 Å². The maximum atomic E-state index is 14.1. The molecule has 2 aromatic rings. The number of ketones is 3. The molecule has 0 saturated carbocycles. The van der Waals surface area contributed by atoms with E-state index in [0.717, 1.165) is 17.7 Å². The molecule has 41 heavy (non-hydrogen) atoms. The van der Waals surface area contributed by atoms with Gasteiger partial charge in [-0.2, -0.15) is 0 Å². The molecule has 1 aliphatic carbocycles. The van der Waals surface area contributed by atoms with E-state index >= 15 is 0 Å². The Kier molecular flexibility index (Phi) is 11.3. The molecule has 0 unspecified atom stereocenters. The summed E-state index contributed by atoms with van der Waals surface area (Å²) >= 11 is 0. The molecule has 0 spiro atoms. The quantitative estimate of drug-likeness (QED) is 0.269. The minimum Gasteiger partial charge on any atom is -0.497 e. The fourth-order valence-electron chi connectivity index (χ4n) is 5.60. The number of hydrogen-bond donors (Lipinski definition) is 1. The number of hydrogen-bond acceptors (Lipinski definition) is 5. The second-order valence-corrected chi connectivity index (χ2v) is 11.9. The van der Waals surface area contributed by atoms with Gasteiger partial charge in [-0.3, -0.25) is 19.2 Å². The van der Waals surface area contributed by atoms with Crippen LogP contribution in [0.2, 0.25) is 0 Å². The van der Waals surface area contributed by atoms with Crippen molar-refractivity contribution in [1.29, 1.82) is 0 Å². The molecule has 3 atom stereocenters. The van der Waals surface area contributed by atoms with Gasteiger partial charge in [0.25, 0.3) is 0 Å². The highest BCUT2D eigenvalue weighted by atomic mass is 19.1. The van der Waals surface area contributed by atoms with Crippen LogP contribution in [0.25, 0.3) is 0 Å². The number of fused-ring (bicyclic) bond motifs is 1. The van der Waals surface area contributed by atoms with E-state index in [2.05, 4.69) is 5.32 Å². The third-order valence-corrected chi connectivity index (χ3v) is 7.60. The van der Waals surface area contributed by atoms with E-state index in [9.17, 15) is 28.0 Å². The van der Waals surface area contributed by atoms with Gasteiger partial charge in [0, 0.05) is 42.7 Å². The van der Waals surface area contributed by atoms with E-state index < -0.39 is 23.6 Å². The molecule has 0 bridgehead atoms. The Morgan fingerprint density at radius 3 is 2.27 bits per heavy atom. The first-order chi connectivity index (χ1) is 19.4. The zero-order valence-corrected chi connectivity index (χ0v) is 24.6. The third-order valence-electron chi connectivity index (χ3n) is 7.60. The van der Waals surface area contributed by atoms with Gasteiger partial charge in [-0.05, 0) is 72.9 Å². The number of carbonyl (C=O) groups excluding carboxylic acids is 4. The molecule has 1 N–H and O–H groups in total. The van der Waals surface area contributed by atoms with E-state index in [1.54, 1.807) is 25.3 Å². The fraction of sp³-hybridized carbons (Fsp3) is 0.515. The molecule has 0 saturated heterocycles. The van der Waals surface area contributed by atoms with E-state index in [-0.39, 0.29) is 78.7 Å². The average molecular weight is 570 g/mol. The first-order valence-corrected chi connectivity index (χ1v) is 14.4. The Labute approximate surface area is 241 Å². The molecule has 3 rings (SSSR count). The van der Waals surface area contributed by atoms with Crippen LogP contribution < -0.4 is 10.1 Å². The number of methoxy groups -OCH3 is 1. The smallest absolute Gasteiger partial charge is 0.224 e. The maximum Gasteiger partial charge on any atom is 0.224 e. The number of carbonyl (C=O) groups is 4. The summed E-state index contributed by atoms with van der Waals surface area (Å²) in [5, 5.41) is 2.86. The molecular formula is C33H41F2NO5. The topological polar surface area (TPSA) is 89.5 Å². The molecule has 222 valence electrons. The molecule has 1 aliphatic rings. The summed E-state index contributed by atoms with van der Waals surface area (Å²) in [5.41, 5.74) is 1.25. The van der Waals surface area contributed by atoms with Crippen LogP contribution in [0.15, 0.2) is 36.4 Å². The number of amides is 1. The number of benzene rings is 2. The van der Waals surface area contributed by atoms with Crippen LogP contribution in [0, 0.1) is 29.4 Å². The number of halogens is 2. The van der Waals surface area contributed by atoms with Crippen molar-refractivity contribution in [2.24, 2.45) is 17.8 Å². The summed E-state index contributed by atoms with van der Waals surface area (Å²) < 4.78 is 33.5. The van der Waals surface area contributed by atoms with E-state index in [0.29, 0.717) is 24.2 Å². The van der Waals surface area contributed by atoms with Crippen molar-refractivity contribution in [3.8, 4) is 5.75 Å². The first kappa shape index (κ1) is 32.1. The Balaban J connectivity index is 1.69. The first-order valence-electron chi connectivity index (χ1n) is 14.4. The van der Waals surface area contributed by atoms with Crippen molar-refractivity contribution in [2.45, 2.75) is 84.6 Å². The molecule has 0 fully saturated rings. The normalized spacial score (nSPS) is 16.0. The molecule has 0 aromatic heterocycles. The summed E-state index contributed by atoms with van der Waals surface area (Å²) in [4.78, 5) is 52.3. The summed E-state index contributed by atoms with van der Waals surface area (Å²) in [6.45, 7) is 7.77. The number of nitrogens with one attached hydrogen (secondary N) is 1. The Hall–Kier alpha value is -3.42. The third kappa shape index (κ3) is 8.78. The van der Waals surface area contributed by atoms with Crippen molar-refractivity contribution < 1.29 is 32.7 Å². The van der Waals surface area contributed by atoms with E-state index in [4.69, 9.17) is 4.74 Å². The molecule has 2 aromatic carbocycles. The van der Waals surface area contributed by atoms with Gasteiger partial charge < -0.3 is 10.1 Å². The molecular weight excluding hydrogens is 528 g/mol. The molecule has 6 nitrogen and oxygen atoms in total. The van der Waals surface area contributed by atoms with Crippen LogP contribution in [0.1, 0.15) is 93.6 Å². The van der Waals surface area contributed by atoms with Crippen molar-refractivity contribution >= 4 is 23.3 Å². The Morgan fingerprint density at radius 2 is 1.66 bits per heavy atom. The van der Waals surface area contributed by atoms with Crippen LogP contribution >= 0.6 is 0 Å². The predicted molar refractivity (Wildman–Crippen MR) is 153 cm³/mol. The summed E-state index contributed by atoms with van der Waals surface area (Å²) in [5.74, 6) is -2.32. The lowest BCUT2D eigenvalue weighted by molar-refractivity contribution is -0.133. The second-order valence-electron chi connectivity index (χ2n) is 11.9. The number of Topliss-reactive ketones (excluding diaryl/α,β-unsaturated/α-hetero) is 3. The highest BCUT2D eigenvalue weighted by Crippen LogP contribution is 2.38. The molecule has 0 aliphatic heterocycles. The Bertz CT molecular complexity index is 1250. The monoisotopic (exact) mass is 569 g/mol. The van der Waals surface area contributed by atoms with Gasteiger partial charge in [-0.1, -0.05) is 33.8 Å². The molecule has 0 radical (unpaired) electrons. The van der Waals surface area contributed by atoms with Crippen LogP contribution in [0.4, 0.5) is 8.78 Å². The van der Waals surface area contributed by atoms with E-state index in [1.165, 1.54) is 6.07 Å². The van der Waals surface area contributed by atoms with Gasteiger partial charge in [-0.25, -0.2) is 8.78 Å². The van der Waals surface area contributed by atoms with Gasteiger partial charge >= 0.3 is 0 Å². The lowest BCUT2D eigenvalue weighted by atomic mass is 9.87. The highest BCUT2D eigenvalue weighted by molar-refractivity contribution is 6.02. The standard InChI is InChI=1S/C33H41F2NO5/c1-19(2)13-22(16-23(37)15-21-17-32(39)25-10-9-24(41-5)18-27(21)25)33(40)36-30(14-20(3)4)31(38)12-11-26-28(34)7-6-8-29(26)35/h6-10,18-22,30H,11-17H2,1-5H3,(H,36,40)/t21-,22-,30-/m1/s1. The van der Waals surface area contributed by atoms with Crippen molar-refractivity contribution in [1.82, 2.24) is 5.32 Å². The SMILES string of the molecule is COc1ccc2c(c1)[C@H](CC(=O)C[C@@H](CC(C)C)C(=O)N[C@H](CC(C)C)C(=O)CCc1c(F)cccc1F)CC2=O. The predicted octanol–water partition coefficient (Wildman–Crippen LogP) is 6.39. The summed E-state index contributed by atoms with van der Waals surface area (Å²) in [7, 11) is 1.54. The van der Waals surface area contributed by atoms with Gasteiger partial charge in [0.05, 0.1) is 13.2 Å². The van der Waals surface area contributed by atoms with Crippen LogP contribution in [0.3, 0.4) is 0 Å². The second kappa shape index (κ2) is 14.5. The average Bonchev–Trinajstić information content (AvgIpc) is 3.20. The zero-order valence-electron chi connectivity index (χ0n) is 24.6. The molecule has 0 heterocycles. The maximum absolute atomic E-state index is 14.1. The highest BCUT2D eigenvalue weighted by Gasteiger charge is 2.33. The minimum atomic E-state index is -0.825. The van der Waals surface area contributed by atoms with Crippen LogP contribution in [-0.4, -0.2) is 36.4 Å². The molecule has 8 heteroatoms. The van der Waals surface area contributed by atoms with Gasteiger partial charge in [0.15, 0.2) is 11.6 Å². The largest absolute Gasteiger partial charge is 0.497 e. The van der Waals surface area contributed by atoms with Crippen LogP contribution in [0.5, 0.6) is 5.75 Å². The minimum absolute atomic E-state index is 0.00294. The van der Waals surface area contributed by atoms with Gasteiger partial charge in [0.1, 0.15) is 23.2 Å². The molecule has 1 amide bonds. The zero-order chi connectivity index (χ0) is 30.3. The summed E-state index contributed by atoms with van der Waals surface area (Å²) in [6, 6.07) is 8.00. The number of ether oxygens (including phenoxy) is 1. The van der Waals surface area contributed by atoms with Crippen molar-refractivity contribution in [2.75, 3.05) is 7.11 Å². The van der Waals surface area contributed by atoms with Crippen LogP contribution in [-0.2, 0) is 20.8 Å². The Morgan fingerprint density at radius 1 is 1.00 bits per heavy atom. The fourth-order valence-corrected chi connectivity index (χ4v) is 5.60. The van der Waals surface area contributed by atoms with Crippen molar-refractivity contribution in [3.63, 3.8) is 0 Å². The van der Waals surface area contributed by atoms with Gasteiger partial charge in [0.2, 0.25) is 5.91 Å². The summed E-state index contributed by atoms with van der Waals surface area (Å²) in [6.07, 6.45) is 0.963. The number of rotatable bonds is 15. The van der Waals surface area contributed by atoms with Gasteiger partial charge in [-0.15, -0.1) is 0 Å².